The van der Waals surface area contributed by atoms with Gasteiger partial charge in [0.1, 0.15) is 0 Å². The van der Waals surface area contributed by atoms with Gasteiger partial charge < -0.3 is 4.90 Å². The largest absolute Gasteiger partial charge is 0.339 e. The second-order valence-corrected chi connectivity index (χ2v) is 5.85. The number of aromatic nitrogens is 2. The molecule has 0 N–H and O–H groups in total. The van der Waals surface area contributed by atoms with Crippen molar-refractivity contribution >= 4 is 17.8 Å². The number of carbonyl (C=O) groups excluding carboxylic acids is 2. The molecule has 2 heterocycles. The van der Waals surface area contributed by atoms with E-state index in [0.29, 0.717) is 17.1 Å². The van der Waals surface area contributed by atoms with Crippen molar-refractivity contribution < 1.29 is 9.59 Å². The Bertz CT molecular complexity index is 727. The van der Waals surface area contributed by atoms with E-state index in [-0.39, 0.29) is 11.8 Å². The fraction of sp³-hybridized carbons (Fsp3) is 0.333. The van der Waals surface area contributed by atoms with Crippen LogP contribution in [0.1, 0.15) is 40.0 Å². The van der Waals surface area contributed by atoms with E-state index >= 15 is 0 Å². The van der Waals surface area contributed by atoms with Crippen LogP contribution in [0.5, 0.6) is 0 Å². The molecule has 24 heavy (non-hydrogen) atoms. The summed E-state index contributed by atoms with van der Waals surface area (Å²) in [7, 11) is 1.62. The highest BCUT2D eigenvalue weighted by Crippen LogP contribution is 2.16. The first-order valence-corrected chi connectivity index (χ1v) is 8.11. The number of carbonyl (C=O) groups is 2. The van der Waals surface area contributed by atoms with Gasteiger partial charge in [0.05, 0.1) is 0 Å². The zero-order valence-corrected chi connectivity index (χ0v) is 13.7. The summed E-state index contributed by atoms with van der Waals surface area (Å²) in [5, 5.41) is 0. The van der Waals surface area contributed by atoms with Crippen LogP contribution in [0.3, 0.4) is 0 Å². The van der Waals surface area contributed by atoms with E-state index in [9.17, 15) is 9.59 Å². The number of amides is 2. The van der Waals surface area contributed by atoms with E-state index in [1.54, 1.807) is 49.8 Å². The summed E-state index contributed by atoms with van der Waals surface area (Å²) < 4.78 is 0. The molecule has 0 atom stereocenters. The maximum atomic E-state index is 12.6. The summed E-state index contributed by atoms with van der Waals surface area (Å²) in [6, 6.07) is 8.55. The molecule has 3 rings (SSSR count). The van der Waals surface area contributed by atoms with Gasteiger partial charge in [-0.2, -0.15) is 0 Å². The SMILES string of the molecule is CN(C(=O)c1cccc(C(=O)N2CCCCC2)c1)c1ncccn1. The third-order valence-corrected chi connectivity index (χ3v) is 4.16. The topological polar surface area (TPSA) is 66.4 Å². The number of nitrogens with zero attached hydrogens (tertiary/aromatic N) is 4. The van der Waals surface area contributed by atoms with Crippen molar-refractivity contribution in [2.75, 3.05) is 25.0 Å². The van der Waals surface area contributed by atoms with Crippen molar-refractivity contribution in [1.82, 2.24) is 14.9 Å². The van der Waals surface area contributed by atoms with Gasteiger partial charge in [-0.25, -0.2) is 9.97 Å². The van der Waals surface area contributed by atoms with E-state index in [1.807, 2.05) is 4.90 Å². The highest BCUT2D eigenvalue weighted by molar-refractivity contribution is 6.06. The van der Waals surface area contributed by atoms with Gasteiger partial charge in [-0.3, -0.25) is 14.5 Å². The Morgan fingerprint density at radius 2 is 1.67 bits per heavy atom. The van der Waals surface area contributed by atoms with E-state index in [0.717, 1.165) is 25.9 Å². The fourth-order valence-corrected chi connectivity index (χ4v) is 2.81. The van der Waals surface area contributed by atoms with Gasteiger partial charge in [0, 0.05) is 43.7 Å². The van der Waals surface area contributed by atoms with Crippen LogP contribution in [0, 0.1) is 0 Å². The maximum Gasteiger partial charge on any atom is 0.260 e. The molecule has 0 bridgehead atoms. The van der Waals surface area contributed by atoms with Gasteiger partial charge >= 0.3 is 0 Å². The number of hydrogen-bond acceptors (Lipinski definition) is 4. The third-order valence-electron chi connectivity index (χ3n) is 4.16. The molecule has 6 nitrogen and oxygen atoms in total. The molecule has 0 aliphatic carbocycles. The van der Waals surface area contributed by atoms with Crippen LogP contribution < -0.4 is 4.90 Å². The normalized spacial score (nSPS) is 14.3. The summed E-state index contributed by atoms with van der Waals surface area (Å²) in [6.45, 7) is 1.57. The molecule has 2 aromatic rings. The van der Waals surface area contributed by atoms with Gasteiger partial charge in [-0.1, -0.05) is 6.07 Å². The van der Waals surface area contributed by atoms with Crippen LogP contribution >= 0.6 is 0 Å². The first kappa shape index (κ1) is 16.1. The first-order chi connectivity index (χ1) is 11.7. The first-order valence-electron chi connectivity index (χ1n) is 8.11. The summed E-state index contributed by atoms with van der Waals surface area (Å²) in [5.74, 6) is 0.0766. The third kappa shape index (κ3) is 3.42. The Labute approximate surface area is 141 Å². The number of rotatable bonds is 3. The zero-order valence-electron chi connectivity index (χ0n) is 13.7. The number of likely N-dealkylation sites (tertiary alicyclic amines) is 1. The van der Waals surface area contributed by atoms with Crippen molar-refractivity contribution in [3.63, 3.8) is 0 Å². The Kier molecular flexibility index (Phi) is 4.84. The fourth-order valence-electron chi connectivity index (χ4n) is 2.81. The molecule has 6 heteroatoms. The van der Waals surface area contributed by atoms with E-state index in [1.165, 1.54) is 11.3 Å². The molecule has 1 aliphatic heterocycles. The molecule has 0 spiro atoms. The summed E-state index contributed by atoms with van der Waals surface area (Å²) in [6.07, 6.45) is 6.42. The summed E-state index contributed by atoms with van der Waals surface area (Å²) in [5.41, 5.74) is 0.998. The summed E-state index contributed by atoms with van der Waals surface area (Å²) in [4.78, 5) is 36.6. The molecule has 1 aromatic heterocycles. The molecule has 1 saturated heterocycles. The average Bonchev–Trinajstić information content (AvgIpc) is 2.67. The lowest BCUT2D eigenvalue weighted by molar-refractivity contribution is 0.0724. The Balaban J connectivity index is 1.79. The van der Waals surface area contributed by atoms with Crippen molar-refractivity contribution in [1.29, 1.82) is 0 Å². The summed E-state index contributed by atoms with van der Waals surface area (Å²) >= 11 is 0. The maximum absolute atomic E-state index is 12.6. The minimum Gasteiger partial charge on any atom is -0.339 e. The lowest BCUT2D eigenvalue weighted by Crippen LogP contribution is -2.35. The highest BCUT2D eigenvalue weighted by Gasteiger charge is 2.21. The minimum absolute atomic E-state index is 0.0111. The second-order valence-electron chi connectivity index (χ2n) is 5.85. The molecule has 1 aliphatic rings. The standard InChI is InChI=1S/C18H20N4O2/c1-21(18-19-9-6-10-20-18)16(23)14-7-5-8-15(13-14)17(24)22-11-3-2-4-12-22/h5-10,13H,2-4,11-12H2,1H3. The lowest BCUT2D eigenvalue weighted by Gasteiger charge is -2.26. The van der Waals surface area contributed by atoms with Crippen LogP contribution in [-0.2, 0) is 0 Å². The monoisotopic (exact) mass is 324 g/mol. The molecule has 1 aromatic carbocycles. The highest BCUT2D eigenvalue weighted by atomic mass is 16.2. The van der Waals surface area contributed by atoms with Crippen molar-refractivity contribution in [2.24, 2.45) is 0 Å². The minimum atomic E-state index is -0.241. The van der Waals surface area contributed by atoms with Crippen molar-refractivity contribution in [3.8, 4) is 0 Å². The van der Waals surface area contributed by atoms with Gasteiger partial charge in [-0.15, -0.1) is 0 Å². The Morgan fingerprint density at radius 3 is 2.38 bits per heavy atom. The zero-order chi connectivity index (χ0) is 16.9. The Morgan fingerprint density at radius 1 is 1.00 bits per heavy atom. The number of benzene rings is 1. The quantitative estimate of drug-likeness (QED) is 0.869. The van der Waals surface area contributed by atoms with Gasteiger partial charge in [0.25, 0.3) is 11.8 Å². The van der Waals surface area contributed by atoms with Crippen LogP contribution in [0.25, 0.3) is 0 Å². The number of piperidine rings is 1. The molecule has 0 saturated carbocycles. The van der Waals surface area contributed by atoms with E-state index in [2.05, 4.69) is 9.97 Å². The van der Waals surface area contributed by atoms with E-state index in [4.69, 9.17) is 0 Å². The molecule has 0 radical (unpaired) electrons. The molecule has 0 unspecified atom stereocenters. The van der Waals surface area contributed by atoms with Crippen LogP contribution in [-0.4, -0.2) is 46.8 Å². The molecular formula is C18H20N4O2. The van der Waals surface area contributed by atoms with Crippen molar-refractivity contribution in [3.05, 3.63) is 53.9 Å². The van der Waals surface area contributed by atoms with Crippen molar-refractivity contribution in [2.45, 2.75) is 19.3 Å². The second kappa shape index (κ2) is 7.21. The molecular weight excluding hydrogens is 304 g/mol. The van der Waals surface area contributed by atoms with Gasteiger partial charge in [0.2, 0.25) is 5.95 Å². The van der Waals surface area contributed by atoms with Crippen LogP contribution in [0.2, 0.25) is 0 Å². The smallest absolute Gasteiger partial charge is 0.260 e. The molecule has 2 amide bonds. The van der Waals surface area contributed by atoms with Gasteiger partial charge in [-0.05, 0) is 43.5 Å². The predicted octanol–water partition coefficient (Wildman–Crippen LogP) is 2.38. The number of anilines is 1. The predicted molar refractivity (Wildman–Crippen MR) is 91.0 cm³/mol. The number of hydrogen-bond donors (Lipinski definition) is 0. The molecule has 1 fully saturated rings. The van der Waals surface area contributed by atoms with Crippen LogP contribution in [0.4, 0.5) is 5.95 Å². The molecule has 124 valence electrons. The Hall–Kier alpha value is -2.76. The average molecular weight is 324 g/mol. The van der Waals surface area contributed by atoms with E-state index < -0.39 is 0 Å². The van der Waals surface area contributed by atoms with Gasteiger partial charge in [0.15, 0.2) is 0 Å². The lowest BCUT2D eigenvalue weighted by atomic mass is 10.1. The van der Waals surface area contributed by atoms with Crippen LogP contribution in [0.15, 0.2) is 42.7 Å².